The summed E-state index contributed by atoms with van der Waals surface area (Å²) in [5.74, 6) is -0.00235. The molecule has 0 aliphatic carbocycles. The number of anilines is 4. The third-order valence-corrected chi connectivity index (χ3v) is 6.08. The fourth-order valence-corrected chi connectivity index (χ4v) is 4.15. The number of carbonyl (C=O) groups excluding carboxylic acids is 2. The molecule has 4 aromatic rings. The molecule has 0 saturated carbocycles. The Kier molecular flexibility index (Phi) is 7.47. The summed E-state index contributed by atoms with van der Waals surface area (Å²) >= 11 is 0. The standard InChI is InChI=1S/C29H29FN8O3/c1-5-24(39)35-18-10-11-31-22(12-18)25-21(30)8-6-17-13-33-27(37-26(17)25)36-19-7-9-23(32-14-19)34-20-15-38(16-20)28(40)41-29(2,3)4/h5-14,20H,1,15-16H2,2-4H3,(H,32,34)(H,31,35,39)(H,33,36,37). The van der Waals surface area contributed by atoms with Crippen LogP contribution in [0.4, 0.5) is 32.3 Å². The number of hydrogen-bond acceptors (Lipinski definition) is 9. The van der Waals surface area contributed by atoms with Crippen molar-refractivity contribution in [2.75, 3.05) is 29.0 Å². The fraction of sp³-hybridized carbons (Fsp3) is 0.241. The van der Waals surface area contributed by atoms with Gasteiger partial charge >= 0.3 is 6.09 Å². The van der Waals surface area contributed by atoms with Crippen molar-refractivity contribution in [3.8, 4) is 11.3 Å². The molecule has 11 nitrogen and oxygen atoms in total. The Balaban J connectivity index is 1.28. The third-order valence-electron chi connectivity index (χ3n) is 6.08. The smallest absolute Gasteiger partial charge is 0.410 e. The molecular formula is C29H29FN8O3. The van der Waals surface area contributed by atoms with Gasteiger partial charge in [0.05, 0.1) is 34.7 Å². The van der Waals surface area contributed by atoms with E-state index in [1.165, 1.54) is 12.3 Å². The van der Waals surface area contributed by atoms with Crippen LogP contribution in [0.3, 0.4) is 0 Å². The number of nitrogens with one attached hydrogen (secondary N) is 3. The number of aromatic nitrogens is 4. The summed E-state index contributed by atoms with van der Waals surface area (Å²) in [6.07, 6.45) is 5.51. The molecule has 1 aromatic carbocycles. The molecule has 1 aliphatic heterocycles. The van der Waals surface area contributed by atoms with Crippen LogP contribution in [-0.2, 0) is 9.53 Å². The van der Waals surface area contributed by atoms with Gasteiger partial charge in [-0.2, -0.15) is 0 Å². The van der Waals surface area contributed by atoms with Crippen molar-refractivity contribution in [3.05, 3.63) is 73.5 Å². The molecule has 3 N–H and O–H groups in total. The number of amides is 2. The van der Waals surface area contributed by atoms with Crippen LogP contribution in [0.5, 0.6) is 0 Å². The Bertz CT molecular complexity index is 1620. The molecule has 0 bridgehead atoms. The summed E-state index contributed by atoms with van der Waals surface area (Å²) in [6, 6.07) is 9.78. The minimum atomic E-state index is -0.531. The highest BCUT2D eigenvalue weighted by atomic mass is 19.1. The number of halogens is 1. The van der Waals surface area contributed by atoms with Gasteiger partial charge in [-0.1, -0.05) is 6.58 Å². The number of nitrogens with zero attached hydrogens (tertiary/aromatic N) is 5. The lowest BCUT2D eigenvalue weighted by Gasteiger charge is -2.40. The van der Waals surface area contributed by atoms with Crippen LogP contribution in [0.1, 0.15) is 20.8 Å². The highest BCUT2D eigenvalue weighted by molar-refractivity contribution is 6.00. The zero-order chi connectivity index (χ0) is 29.1. The van der Waals surface area contributed by atoms with Crippen molar-refractivity contribution in [2.45, 2.75) is 32.4 Å². The summed E-state index contributed by atoms with van der Waals surface area (Å²) < 4.78 is 20.5. The van der Waals surface area contributed by atoms with E-state index in [9.17, 15) is 9.59 Å². The first-order chi connectivity index (χ1) is 19.6. The van der Waals surface area contributed by atoms with Gasteiger partial charge in [0.25, 0.3) is 0 Å². The summed E-state index contributed by atoms with van der Waals surface area (Å²) in [6.45, 7) is 10.0. The van der Waals surface area contributed by atoms with E-state index in [-0.39, 0.29) is 29.6 Å². The van der Waals surface area contributed by atoms with E-state index in [0.717, 1.165) is 6.08 Å². The molecule has 210 valence electrons. The number of ether oxygens (including phenoxy) is 1. The topological polar surface area (TPSA) is 134 Å². The molecule has 41 heavy (non-hydrogen) atoms. The maximum absolute atomic E-state index is 15.1. The van der Waals surface area contributed by atoms with Crippen molar-refractivity contribution < 1.29 is 18.7 Å². The van der Waals surface area contributed by atoms with Gasteiger partial charge in [0.1, 0.15) is 17.2 Å². The Labute approximate surface area is 235 Å². The molecular weight excluding hydrogens is 527 g/mol. The van der Waals surface area contributed by atoms with E-state index in [1.807, 2.05) is 26.8 Å². The van der Waals surface area contributed by atoms with E-state index >= 15 is 4.39 Å². The predicted molar refractivity (Wildman–Crippen MR) is 154 cm³/mol. The second kappa shape index (κ2) is 11.2. The molecule has 0 spiro atoms. The van der Waals surface area contributed by atoms with E-state index in [0.29, 0.717) is 46.9 Å². The van der Waals surface area contributed by atoms with Gasteiger partial charge in [0.15, 0.2) is 0 Å². The van der Waals surface area contributed by atoms with Crippen LogP contribution < -0.4 is 16.0 Å². The molecule has 2 amide bonds. The van der Waals surface area contributed by atoms with Gasteiger partial charge < -0.3 is 25.6 Å². The number of benzene rings is 1. The van der Waals surface area contributed by atoms with Crippen molar-refractivity contribution in [1.82, 2.24) is 24.8 Å². The number of fused-ring (bicyclic) bond motifs is 1. The summed E-state index contributed by atoms with van der Waals surface area (Å²) in [4.78, 5) is 43.1. The normalized spacial score (nSPS) is 13.3. The number of carbonyl (C=O) groups is 2. The summed E-state index contributed by atoms with van der Waals surface area (Å²) in [7, 11) is 0. The lowest BCUT2D eigenvalue weighted by atomic mass is 10.1. The fourth-order valence-electron chi connectivity index (χ4n) is 4.15. The zero-order valence-corrected chi connectivity index (χ0v) is 22.8. The largest absolute Gasteiger partial charge is 0.444 e. The highest BCUT2D eigenvalue weighted by Crippen LogP contribution is 2.31. The molecule has 1 aliphatic rings. The van der Waals surface area contributed by atoms with E-state index in [4.69, 9.17) is 4.74 Å². The molecule has 5 rings (SSSR count). The van der Waals surface area contributed by atoms with Crippen molar-refractivity contribution in [1.29, 1.82) is 0 Å². The van der Waals surface area contributed by atoms with Gasteiger partial charge in [-0.15, -0.1) is 0 Å². The van der Waals surface area contributed by atoms with E-state index < -0.39 is 11.4 Å². The first-order valence-electron chi connectivity index (χ1n) is 12.9. The Morgan fingerprint density at radius 3 is 2.59 bits per heavy atom. The molecule has 1 fully saturated rings. The van der Waals surface area contributed by atoms with Crippen LogP contribution in [-0.4, -0.2) is 61.6 Å². The van der Waals surface area contributed by atoms with Crippen LogP contribution in [0.25, 0.3) is 22.2 Å². The molecule has 12 heteroatoms. The SMILES string of the molecule is C=CC(=O)Nc1ccnc(-c2c(F)ccc3cnc(Nc4ccc(NC5CN(C(=O)OC(C)(C)C)C5)nc4)nc23)c1. The van der Waals surface area contributed by atoms with Gasteiger partial charge in [0.2, 0.25) is 11.9 Å². The van der Waals surface area contributed by atoms with Crippen molar-refractivity contribution in [3.63, 3.8) is 0 Å². The van der Waals surface area contributed by atoms with Crippen LogP contribution in [0, 0.1) is 5.82 Å². The Morgan fingerprint density at radius 2 is 1.88 bits per heavy atom. The monoisotopic (exact) mass is 556 g/mol. The molecule has 0 unspecified atom stereocenters. The number of likely N-dealkylation sites (tertiary alicyclic amines) is 1. The average Bonchev–Trinajstić information content (AvgIpc) is 2.90. The minimum Gasteiger partial charge on any atom is -0.444 e. The number of rotatable bonds is 7. The summed E-state index contributed by atoms with van der Waals surface area (Å²) in [5, 5.41) is 9.66. The van der Waals surface area contributed by atoms with E-state index in [1.54, 1.807) is 41.6 Å². The zero-order valence-electron chi connectivity index (χ0n) is 22.8. The van der Waals surface area contributed by atoms with Crippen molar-refractivity contribution in [2.24, 2.45) is 0 Å². The maximum Gasteiger partial charge on any atom is 0.410 e. The second-order valence-electron chi connectivity index (χ2n) is 10.5. The van der Waals surface area contributed by atoms with E-state index in [2.05, 4.69) is 42.5 Å². The Hall–Kier alpha value is -5.13. The lowest BCUT2D eigenvalue weighted by molar-refractivity contribution is -0.111. The van der Waals surface area contributed by atoms with Crippen LogP contribution in [0.2, 0.25) is 0 Å². The number of pyridine rings is 2. The molecule has 0 atom stereocenters. The highest BCUT2D eigenvalue weighted by Gasteiger charge is 2.33. The summed E-state index contributed by atoms with van der Waals surface area (Å²) in [5.41, 5.74) is 1.39. The predicted octanol–water partition coefficient (Wildman–Crippen LogP) is 5.13. The molecule has 4 heterocycles. The first-order valence-corrected chi connectivity index (χ1v) is 12.9. The maximum atomic E-state index is 15.1. The quantitative estimate of drug-likeness (QED) is 0.265. The molecule has 1 saturated heterocycles. The van der Waals surface area contributed by atoms with Crippen LogP contribution in [0.15, 0.2) is 67.6 Å². The van der Waals surface area contributed by atoms with Crippen LogP contribution >= 0.6 is 0 Å². The molecule has 3 aromatic heterocycles. The average molecular weight is 557 g/mol. The first kappa shape index (κ1) is 27.4. The van der Waals surface area contributed by atoms with Gasteiger partial charge in [-0.05, 0) is 63.2 Å². The Morgan fingerprint density at radius 1 is 1.07 bits per heavy atom. The lowest BCUT2D eigenvalue weighted by Crippen LogP contribution is -2.58. The second-order valence-corrected chi connectivity index (χ2v) is 10.5. The molecule has 0 radical (unpaired) electrons. The van der Waals surface area contributed by atoms with Gasteiger partial charge in [-0.3, -0.25) is 9.78 Å². The minimum absolute atomic E-state index is 0.0724. The van der Waals surface area contributed by atoms with Crippen molar-refractivity contribution >= 4 is 46.0 Å². The van der Waals surface area contributed by atoms with Gasteiger partial charge in [-0.25, -0.2) is 24.1 Å². The van der Waals surface area contributed by atoms with Gasteiger partial charge in [0, 0.05) is 36.6 Å². The third kappa shape index (κ3) is 6.55. The number of hydrogen-bond donors (Lipinski definition) is 3.